The Kier molecular flexibility index (Phi) is 6.09. The summed E-state index contributed by atoms with van der Waals surface area (Å²) < 4.78 is 6.39. The van der Waals surface area contributed by atoms with Crippen LogP contribution in [0.25, 0.3) is 27.3 Å². The summed E-state index contributed by atoms with van der Waals surface area (Å²) in [5, 5.41) is 13.8. The number of aryl methyl sites for hydroxylation is 2. The highest BCUT2D eigenvalue weighted by Gasteiger charge is 2.65. The largest absolute Gasteiger partial charge is 0.460 e. The molecule has 208 valence electrons. The first-order valence-corrected chi connectivity index (χ1v) is 14.9. The van der Waals surface area contributed by atoms with Crippen LogP contribution in [0.2, 0.25) is 0 Å². The number of allylic oxidation sites excluding steroid dienone is 5. The molecule has 0 spiro atoms. The normalized spacial score (nSPS) is 23.5. The second-order valence-electron chi connectivity index (χ2n) is 11.9. The highest BCUT2D eigenvalue weighted by atomic mass is 16.3. The fraction of sp³-hybridized carbons (Fsp3) is 0.205. The van der Waals surface area contributed by atoms with Crippen molar-refractivity contribution in [3.8, 4) is 0 Å². The van der Waals surface area contributed by atoms with E-state index >= 15 is 0 Å². The van der Waals surface area contributed by atoms with Crippen molar-refractivity contribution in [1.29, 1.82) is 5.41 Å². The number of nitrogens with one attached hydrogen (secondary N) is 1. The standard InChI is InChI=1S/C39H36N2O/c1-4-9-30(24-40)29-12-7-13-33(23-29)39(37(41)35-15-8-14-34-25(2)26(3)42-36(34)35)31-18-20-38(39,21-19-31)32-17-16-27-10-5-6-11-28(27)22-32/h4-18,20,22-24,31,41H,19,21,40H2,1-3H3/b9-4-,30-24+,41-37?/t31?,38-,39?/m0/s1. The Balaban J connectivity index is 1.53. The minimum atomic E-state index is -0.621. The van der Waals surface area contributed by atoms with Gasteiger partial charge in [-0.25, -0.2) is 0 Å². The van der Waals surface area contributed by atoms with E-state index in [0.29, 0.717) is 5.71 Å². The molecule has 3 heteroatoms. The minimum absolute atomic E-state index is 0.172. The van der Waals surface area contributed by atoms with Gasteiger partial charge in [-0.2, -0.15) is 0 Å². The molecule has 42 heavy (non-hydrogen) atoms. The maximum atomic E-state index is 10.3. The van der Waals surface area contributed by atoms with Gasteiger partial charge in [0.1, 0.15) is 11.3 Å². The summed E-state index contributed by atoms with van der Waals surface area (Å²) in [5.74, 6) is 1.08. The smallest absolute Gasteiger partial charge is 0.143 e. The van der Waals surface area contributed by atoms with Crippen molar-refractivity contribution in [2.24, 2.45) is 11.7 Å². The molecule has 7 rings (SSSR count). The highest BCUT2D eigenvalue weighted by Crippen LogP contribution is 2.65. The molecule has 0 amide bonds. The van der Waals surface area contributed by atoms with Gasteiger partial charge in [-0.05, 0) is 84.2 Å². The van der Waals surface area contributed by atoms with Crippen LogP contribution in [0.3, 0.4) is 0 Å². The zero-order valence-corrected chi connectivity index (χ0v) is 24.4. The molecular formula is C39H36N2O. The number of nitrogens with two attached hydrogens (primary N) is 1. The SMILES string of the molecule is C/C=C\C(=C/N)c1cccc(C2(C(=N)c3cccc4c(C)c(C)oc34)C3C=C[C@@]2(c2ccc4ccccc4c2)CC3)c1. The number of furan rings is 1. The van der Waals surface area contributed by atoms with E-state index in [2.05, 4.69) is 104 Å². The van der Waals surface area contributed by atoms with Crippen molar-refractivity contribution >= 4 is 33.0 Å². The van der Waals surface area contributed by atoms with Crippen molar-refractivity contribution in [1.82, 2.24) is 0 Å². The van der Waals surface area contributed by atoms with E-state index in [1.165, 1.54) is 16.3 Å². The van der Waals surface area contributed by atoms with Gasteiger partial charge in [0.15, 0.2) is 0 Å². The summed E-state index contributed by atoms with van der Waals surface area (Å²) in [6.07, 6.45) is 12.5. The Morgan fingerprint density at radius 2 is 1.74 bits per heavy atom. The minimum Gasteiger partial charge on any atom is -0.460 e. The average Bonchev–Trinajstić information content (AvgIpc) is 3.65. The van der Waals surface area contributed by atoms with Gasteiger partial charge in [0.05, 0.1) is 11.1 Å². The summed E-state index contributed by atoms with van der Waals surface area (Å²) in [5.41, 5.74) is 13.0. The molecule has 0 aliphatic heterocycles. The third-order valence-corrected chi connectivity index (χ3v) is 10.0. The zero-order chi connectivity index (χ0) is 29.1. The van der Waals surface area contributed by atoms with Crippen LogP contribution in [0, 0.1) is 25.2 Å². The second kappa shape index (κ2) is 9.73. The lowest BCUT2D eigenvalue weighted by Crippen LogP contribution is -2.50. The van der Waals surface area contributed by atoms with Gasteiger partial charge in [0.25, 0.3) is 0 Å². The molecule has 0 radical (unpaired) electrons. The Hall–Kier alpha value is -4.63. The molecular weight excluding hydrogens is 512 g/mol. The fourth-order valence-electron chi connectivity index (χ4n) is 7.97. The van der Waals surface area contributed by atoms with Crippen LogP contribution in [0.1, 0.15) is 53.3 Å². The molecule has 2 aliphatic rings. The van der Waals surface area contributed by atoms with E-state index in [0.717, 1.165) is 57.4 Å². The number of hydrogen-bond donors (Lipinski definition) is 2. The molecule has 3 nitrogen and oxygen atoms in total. The molecule has 5 aromatic rings. The molecule has 1 saturated carbocycles. The van der Waals surface area contributed by atoms with E-state index in [9.17, 15) is 5.41 Å². The monoisotopic (exact) mass is 548 g/mol. The maximum absolute atomic E-state index is 10.3. The van der Waals surface area contributed by atoms with Gasteiger partial charge in [0.2, 0.25) is 0 Å². The van der Waals surface area contributed by atoms with Crippen molar-refractivity contribution in [2.45, 2.75) is 44.4 Å². The van der Waals surface area contributed by atoms with Crippen LogP contribution in [-0.4, -0.2) is 5.71 Å². The Bertz CT molecular complexity index is 1970. The van der Waals surface area contributed by atoms with Crippen LogP contribution in [0.5, 0.6) is 0 Å². The molecule has 3 atom stereocenters. The lowest BCUT2D eigenvalue weighted by molar-refractivity contribution is 0.402. The molecule has 1 heterocycles. The molecule has 0 saturated heterocycles. The maximum Gasteiger partial charge on any atom is 0.143 e. The number of para-hydroxylation sites is 1. The van der Waals surface area contributed by atoms with Crippen LogP contribution in [-0.2, 0) is 10.8 Å². The van der Waals surface area contributed by atoms with Gasteiger partial charge in [-0.1, -0.05) is 103 Å². The number of hydrogen-bond acceptors (Lipinski definition) is 3. The van der Waals surface area contributed by atoms with Crippen LogP contribution in [0.4, 0.5) is 0 Å². The Morgan fingerprint density at radius 3 is 2.50 bits per heavy atom. The van der Waals surface area contributed by atoms with Gasteiger partial charge in [-0.15, -0.1) is 0 Å². The zero-order valence-electron chi connectivity index (χ0n) is 24.4. The summed E-state index contributed by atoms with van der Waals surface area (Å²) in [4.78, 5) is 0. The van der Waals surface area contributed by atoms with Crippen molar-refractivity contribution in [2.75, 3.05) is 0 Å². The van der Waals surface area contributed by atoms with Gasteiger partial charge in [-0.3, -0.25) is 0 Å². The Morgan fingerprint density at radius 1 is 0.929 bits per heavy atom. The van der Waals surface area contributed by atoms with Gasteiger partial charge in [0, 0.05) is 22.6 Å². The van der Waals surface area contributed by atoms with E-state index < -0.39 is 5.41 Å². The first-order chi connectivity index (χ1) is 20.4. The number of benzene rings is 4. The summed E-state index contributed by atoms with van der Waals surface area (Å²) in [6.45, 7) is 6.13. The molecule has 2 aliphatic carbocycles. The van der Waals surface area contributed by atoms with Crippen LogP contribution < -0.4 is 5.73 Å². The first-order valence-electron chi connectivity index (χ1n) is 14.9. The number of fused-ring (bicyclic) bond motifs is 4. The lowest BCUT2D eigenvalue weighted by atomic mass is 9.56. The molecule has 2 unspecified atom stereocenters. The number of rotatable bonds is 6. The quantitative estimate of drug-likeness (QED) is 0.126. The molecule has 1 aromatic heterocycles. The second-order valence-corrected chi connectivity index (χ2v) is 11.9. The van der Waals surface area contributed by atoms with E-state index in [1.807, 2.05) is 26.0 Å². The van der Waals surface area contributed by atoms with E-state index in [1.54, 1.807) is 6.20 Å². The highest BCUT2D eigenvalue weighted by molar-refractivity contribution is 6.15. The topological polar surface area (TPSA) is 63.0 Å². The first kappa shape index (κ1) is 26.3. The molecule has 3 N–H and O–H groups in total. The Labute approximate surface area is 247 Å². The fourth-order valence-corrected chi connectivity index (χ4v) is 7.97. The molecule has 4 aromatic carbocycles. The van der Waals surface area contributed by atoms with E-state index in [-0.39, 0.29) is 11.3 Å². The molecule has 2 bridgehead atoms. The van der Waals surface area contributed by atoms with Gasteiger partial charge < -0.3 is 15.6 Å². The lowest BCUT2D eigenvalue weighted by Gasteiger charge is -2.45. The van der Waals surface area contributed by atoms with Crippen molar-refractivity contribution in [3.05, 3.63) is 149 Å². The molecule has 1 fully saturated rings. The van der Waals surface area contributed by atoms with Crippen molar-refractivity contribution < 1.29 is 4.42 Å². The van der Waals surface area contributed by atoms with Gasteiger partial charge >= 0.3 is 0 Å². The van der Waals surface area contributed by atoms with E-state index in [4.69, 9.17) is 10.2 Å². The predicted octanol–water partition coefficient (Wildman–Crippen LogP) is 9.30. The average molecular weight is 549 g/mol. The third-order valence-electron chi connectivity index (χ3n) is 10.0. The summed E-state index contributed by atoms with van der Waals surface area (Å²) >= 11 is 0. The third kappa shape index (κ3) is 3.49. The van der Waals surface area contributed by atoms with Crippen LogP contribution >= 0.6 is 0 Å². The van der Waals surface area contributed by atoms with Crippen LogP contribution in [0.15, 0.2) is 120 Å². The summed E-state index contributed by atoms with van der Waals surface area (Å²) in [6, 6.07) is 30.4. The van der Waals surface area contributed by atoms with Crippen molar-refractivity contribution in [3.63, 3.8) is 0 Å². The predicted molar refractivity (Wildman–Crippen MR) is 175 cm³/mol. The summed E-state index contributed by atoms with van der Waals surface area (Å²) in [7, 11) is 0.